The SMILES string of the molecule is CCCCOc1ccc(C2c3c(-c4ccc(Cl)cc4)n[nH]c3C(=O)N2CCCn2ccnc2)cc1OC. The number of nitrogens with one attached hydrogen (secondary N) is 1. The number of halogens is 1. The van der Waals surface area contributed by atoms with E-state index in [2.05, 4.69) is 22.1 Å². The number of hydrogen-bond donors (Lipinski definition) is 1. The van der Waals surface area contributed by atoms with Crippen molar-refractivity contribution in [2.75, 3.05) is 20.3 Å². The molecule has 3 heterocycles. The molecule has 1 N–H and O–H groups in total. The third kappa shape index (κ3) is 5.06. The van der Waals surface area contributed by atoms with Gasteiger partial charge in [-0.3, -0.25) is 9.89 Å². The first-order valence-electron chi connectivity index (χ1n) is 12.5. The fraction of sp³-hybridized carbons (Fsp3) is 0.321. The van der Waals surface area contributed by atoms with E-state index in [0.717, 1.165) is 48.2 Å². The van der Waals surface area contributed by atoms with E-state index in [1.807, 2.05) is 58.1 Å². The zero-order valence-corrected chi connectivity index (χ0v) is 21.7. The molecule has 192 valence electrons. The summed E-state index contributed by atoms with van der Waals surface area (Å²) in [5.41, 5.74) is 3.94. The highest BCUT2D eigenvalue weighted by Gasteiger charge is 2.42. The summed E-state index contributed by atoms with van der Waals surface area (Å²) in [6.45, 7) is 4.09. The number of hydrogen-bond acceptors (Lipinski definition) is 5. The van der Waals surface area contributed by atoms with Crippen LogP contribution in [-0.2, 0) is 6.54 Å². The lowest BCUT2D eigenvalue weighted by atomic mass is 9.95. The molecule has 1 amide bonds. The Kier molecular flexibility index (Phi) is 7.46. The molecule has 0 radical (unpaired) electrons. The van der Waals surface area contributed by atoms with Crippen molar-refractivity contribution >= 4 is 17.5 Å². The van der Waals surface area contributed by atoms with E-state index >= 15 is 0 Å². The normalized spacial score (nSPS) is 14.7. The second-order valence-electron chi connectivity index (χ2n) is 9.04. The van der Waals surface area contributed by atoms with Crippen LogP contribution in [0.5, 0.6) is 11.5 Å². The van der Waals surface area contributed by atoms with Gasteiger partial charge in [-0.15, -0.1) is 0 Å². The Morgan fingerprint density at radius 3 is 2.65 bits per heavy atom. The monoisotopic (exact) mass is 519 g/mol. The Labute approximate surface area is 221 Å². The molecular formula is C28H30ClN5O3. The van der Waals surface area contributed by atoms with Crippen molar-refractivity contribution in [1.29, 1.82) is 0 Å². The molecule has 2 aromatic heterocycles. The highest BCUT2D eigenvalue weighted by atomic mass is 35.5. The summed E-state index contributed by atoms with van der Waals surface area (Å²) in [7, 11) is 1.64. The van der Waals surface area contributed by atoms with Crippen LogP contribution >= 0.6 is 11.6 Å². The second kappa shape index (κ2) is 11.1. The number of H-pyrrole nitrogens is 1. The molecule has 1 unspecified atom stereocenters. The number of benzene rings is 2. The van der Waals surface area contributed by atoms with Crippen molar-refractivity contribution in [2.45, 2.75) is 38.8 Å². The fourth-order valence-electron chi connectivity index (χ4n) is 4.74. The Morgan fingerprint density at radius 1 is 1.08 bits per heavy atom. The van der Waals surface area contributed by atoms with Crippen LogP contribution in [0.15, 0.2) is 61.2 Å². The van der Waals surface area contributed by atoms with E-state index in [0.29, 0.717) is 35.4 Å². The van der Waals surface area contributed by atoms with Crippen molar-refractivity contribution in [3.63, 3.8) is 0 Å². The molecule has 37 heavy (non-hydrogen) atoms. The van der Waals surface area contributed by atoms with Crippen LogP contribution in [0, 0.1) is 0 Å². The van der Waals surface area contributed by atoms with Crippen LogP contribution in [0.2, 0.25) is 5.02 Å². The molecule has 1 aliphatic rings. The molecule has 0 bridgehead atoms. The lowest BCUT2D eigenvalue weighted by molar-refractivity contribution is 0.0739. The van der Waals surface area contributed by atoms with Gasteiger partial charge in [0.25, 0.3) is 5.91 Å². The number of aromatic amines is 1. The first-order valence-corrected chi connectivity index (χ1v) is 12.9. The topological polar surface area (TPSA) is 85.3 Å². The number of unbranched alkanes of at least 4 members (excludes halogenated alkanes) is 1. The van der Waals surface area contributed by atoms with E-state index in [4.69, 9.17) is 21.1 Å². The molecule has 4 aromatic rings. The van der Waals surface area contributed by atoms with Gasteiger partial charge in [0.15, 0.2) is 11.5 Å². The number of amides is 1. The van der Waals surface area contributed by atoms with Crippen LogP contribution in [0.25, 0.3) is 11.3 Å². The summed E-state index contributed by atoms with van der Waals surface area (Å²) in [5, 5.41) is 8.20. The molecule has 1 aliphatic heterocycles. The molecule has 8 nitrogen and oxygen atoms in total. The number of aromatic nitrogens is 4. The van der Waals surface area contributed by atoms with E-state index in [1.54, 1.807) is 19.6 Å². The predicted octanol–water partition coefficient (Wildman–Crippen LogP) is 5.75. The van der Waals surface area contributed by atoms with Crippen molar-refractivity contribution in [1.82, 2.24) is 24.6 Å². The van der Waals surface area contributed by atoms with Crippen LogP contribution < -0.4 is 9.47 Å². The maximum atomic E-state index is 13.6. The molecule has 5 rings (SSSR count). The van der Waals surface area contributed by atoms with Crippen LogP contribution in [0.1, 0.15) is 53.8 Å². The summed E-state index contributed by atoms with van der Waals surface area (Å²) in [6, 6.07) is 13.1. The van der Waals surface area contributed by atoms with Gasteiger partial charge in [-0.05, 0) is 42.7 Å². The zero-order valence-electron chi connectivity index (χ0n) is 21.0. The van der Waals surface area contributed by atoms with Gasteiger partial charge in [0.05, 0.1) is 31.8 Å². The second-order valence-corrected chi connectivity index (χ2v) is 9.47. The molecule has 0 fully saturated rings. The molecule has 9 heteroatoms. The molecule has 0 saturated carbocycles. The summed E-state index contributed by atoms with van der Waals surface area (Å²) in [5.74, 6) is 1.27. The fourth-order valence-corrected chi connectivity index (χ4v) is 4.87. The van der Waals surface area contributed by atoms with E-state index < -0.39 is 0 Å². The molecule has 2 aromatic carbocycles. The molecular weight excluding hydrogens is 490 g/mol. The Balaban J connectivity index is 1.52. The Bertz CT molecular complexity index is 1350. The summed E-state index contributed by atoms with van der Waals surface area (Å²) < 4.78 is 13.7. The summed E-state index contributed by atoms with van der Waals surface area (Å²) in [4.78, 5) is 19.6. The molecule has 0 spiro atoms. The zero-order chi connectivity index (χ0) is 25.8. The number of nitrogens with zero attached hydrogens (tertiary/aromatic N) is 4. The Morgan fingerprint density at radius 2 is 1.92 bits per heavy atom. The van der Waals surface area contributed by atoms with Crippen molar-refractivity contribution in [3.8, 4) is 22.8 Å². The van der Waals surface area contributed by atoms with Gasteiger partial charge in [0.1, 0.15) is 5.69 Å². The third-order valence-electron chi connectivity index (χ3n) is 6.61. The van der Waals surface area contributed by atoms with Crippen LogP contribution in [-0.4, -0.2) is 50.8 Å². The van der Waals surface area contributed by atoms with Gasteiger partial charge in [-0.25, -0.2) is 4.98 Å². The minimum absolute atomic E-state index is 0.0689. The number of carbonyl (C=O) groups excluding carboxylic acids is 1. The molecule has 0 saturated heterocycles. The minimum Gasteiger partial charge on any atom is -0.493 e. The van der Waals surface area contributed by atoms with E-state index in [9.17, 15) is 4.79 Å². The number of aryl methyl sites for hydroxylation is 1. The lowest BCUT2D eigenvalue weighted by Crippen LogP contribution is -2.31. The van der Waals surface area contributed by atoms with Crippen molar-refractivity contribution < 1.29 is 14.3 Å². The predicted molar refractivity (Wildman–Crippen MR) is 142 cm³/mol. The third-order valence-corrected chi connectivity index (χ3v) is 6.87. The summed E-state index contributed by atoms with van der Waals surface area (Å²) >= 11 is 6.13. The minimum atomic E-state index is -0.326. The van der Waals surface area contributed by atoms with Gasteiger partial charge in [0.2, 0.25) is 0 Å². The number of ether oxygens (including phenoxy) is 2. The van der Waals surface area contributed by atoms with Crippen molar-refractivity contribution in [3.05, 3.63) is 83.0 Å². The maximum absolute atomic E-state index is 13.6. The number of fused-ring (bicyclic) bond motifs is 1. The smallest absolute Gasteiger partial charge is 0.273 e. The number of carbonyl (C=O) groups is 1. The van der Waals surface area contributed by atoms with Crippen molar-refractivity contribution in [2.24, 2.45) is 0 Å². The van der Waals surface area contributed by atoms with Crippen LogP contribution in [0.3, 0.4) is 0 Å². The van der Waals surface area contributed by atoms with Crippen LogP contribution in [0.4, 0.5) is 0 Å². The van der Waals surface area contributed by atoms with Gasteiger partial charge >= 0.3 is 0 Å². The molecule has 0 aliphatic carbocycles. The quantitative estimate of drug-likeness (QED) is 0.255. The van der Waals surface area contributed by atoms with E-state index in [1.165, 1.54) is 0 Å². The summed E-state index contributed by atoms with van der Waals surface area (Å²) in [6.07, 6.45) is 8.27. The Hall–Kier alpha value is -3.78. The van der Waals surface area contributed by atoms with Gasteiger partial charge < -0.3 is 18.9 Å². The average molecular weight is 520 g/mol. The highest BCUT2D eigenvalue weighted by Crippen LogP contribution is 2.44. The molecule has 1 atom stereocenters. The maximum Gasteiger partial charge on any atom is 0.273 e. The lowest BCUT2D eigenvalue weighted by Gasteiger charge is -2.27. The standard InChI is InChI=1S/C28H30ClN5O3/c1-3-4-16-37-22-11-8-20(17-23(22)36-2)27-24-25(19-6-9-21(29)10-7-19)31-32-26(24)28(35)34(27)14-5-13-33-15-12-30-18-33/h6-12,15,17-18,27H,3-5,13-14,16H2,1-2H3,(H,31,32). The van der Waals surface area contributed by atoms with Gasteiger partial charge in [0, 0.05) is 41.6 Å². The number of imidazole rings is 1. The first kappa shape index (κ1) is 24.9. The average Bonchev–Trinajstić information content (AvgIpc) is 3.64. The largest absolute Gasteiger partial charge is 0.493 e. The van der Waals surface area contributed by atoms with Gasteiger partial charge in [-0.2, -0.15) is 5.10 Å². The highest BCUT2D eigenvalue weighted by molar-refractivity contribution is 6.30. The number of methoxy groups -OCH3 is 1. The first-order chi connectivity index (χ1) is 18.1. The number of rotatable bonds is 11. The van der Waals surface area contributed by atoms with Gasteiger partial charge in [-0.1, -0.05) is 43.1 Å². The van der Waals surface area contributed by atoms with E-state index in [-0.39, 0.29) is 11.9 Å².